The lowest BCUT2D eigenvalue weighted by Crippen LogP contribution is -2.44. The van der Waals surface area contributed by atoms with Gasteiger partial charge in [0.1, 0.15) is 0 Å². The Morgan fingerprint density at radius 1 is 1.03 bits per heavy atom. The molecule has 1 aliphatic heterocycles. The number of para-hydroxylation sites is 1. The molecule has 1 aromatic heterocycles. The van der Waals surface area contributed by atoms with Crippen LogP contribution in [0, 0.1) is 5.92 Å². The summed E-state index contributed by atoms with van der Waals surface area (Å²) in [5, 5.41) is 8.38. The zero-order valence-electron chi connectivity index (χ0n) is 17.7. The summed E-state index contributed by atoms with van der Waals surface area (Å²) in [7, 11) is 0. The van der Waals surface area contributed by atoms with E-state index in [0.29, 0.717) is 23.9 Å². The number of likely N-dealkylation sites (tertiary alicyclic amines) is 1. The third kappa shape index (κ3) is 4.21. The molecular weight excluding hydrogens is 392 g/mol. The van der Waals surface area contributed by atoms with Crippen LogP contribution in [0.2, 0.25) is 0 Å². The number of carbonyl (C=O) groups excluding carboxylic acids is 2. The van der Waals surface area contributed by atoms with Crippen molar-refractivity contribution in [1.29, 1.82) is 0 Å². The zero-order chi connectivity index (χ0) is 22.0. The predicted molar refractivity (Wildman–Crippen MR) is 120 cm³/mol. The molecule has 160 valence electrons. The zero-order valence-corrected chi connectivity index (χ0v) is 17.7. The van der Waals surface area contributed by atoms with Crippen molar-refractivity contribution < 1.29 is 9.59 Å². The van der Waals surface area contributed by atoms with Crippen LogP contribution in [0.25, 0.3) is 10.8 Å². The van der Waals surface area contributed by atoms with Gasteiger partial charge in [-0.3, -0.25) is 14.4 Å². The van der Waals surface area contributed by atoms with Gasteiger partial charge in [-0.15, -0.1) is 0 Å². The van der Waals surface area contributed by atoms with E-state index in [0.717, 1.165) is 18.5 Å². The Morgan fingerprint density at radius 2 is 1.71 bits per heavy atom. The number of benzene rings is 2. The molecular formula is C24H26N4O3. The van der Waals surface area contributed by atoms with Crippen LogP contribution in [0.15, 0.2) is 59.4 Å². The van der Waals surface area contributed by atoms with Crippen LogP contribution in [-0.4, -0.2) is 39.6 Å². The normalized spacial score (nSPS) is 16.5. The molecule has 1 unspecified atom stereocenters. The highest BCUT2D eigenvalue weighted by molar-refractivity contribution is 6.05. The average Bonchev–Trinajstić information content (AvgIpc) is 2.79. The fourth-order valence-electron chi connectivity index (χ4n) is 4.01. The fourth-order valence-corrected chi connectivity index (χ4v) is 4.01. The fraction of sp³-hybridized carbons (Fsp3) is 0.333. The number of hydrogen-bond donors (Lipinski definition) is 1. The second-order valence-electron chi connectivity index (χ2n) is 8.18. The van der Waals surface area contributed by atoms with E-state index in [2.05, 4.69) is 10.4 Å². The molecule has 2 amide bonds. The molecule has 1 atom stereocenters. The predicted octanol–water partition coefficient (Wildman–Crippen LogP) is 3.47. The first-order chi connectivity index (χ1) is 15.0. The van der Waals surface area contributed by atoms with Crippen molar-refractivity contribution in [3.63, 3.8) is 0 Å². The lowest BCUT2D eigenvalue weighted by molar-refractivity contribution is -0.121. The van der Waals surface area contributed by atoms with Crippen LogP contribution < -0.4 is 10.9 Å². The molecule has 2 heterocycles. The summed E-state index contributed by atoms with van der Waals surface area (Å²) in [6.45, 7) is 4.61. The van der Waals surface area contributed by atoms with Gasteiger partial charge in [0, 0.05) is 24.2 Å². The topological polar surface area (TPSA) is 84.3 Å². The van der Waals surface area contributed by atoms with Crippen molar-refractivity contribution in [2.45, 2.75) is 32.7 Å². The number of anilines is 1. The summed E-state index contributed by atoms with van der Waals surface area (Å²) < 4.78 is 1.36. The number of piperidine rings is 1. The van der Waals surface area contributed by atoms with E-state index in [-0.39, 0.29) is 35.0 Å². The molecule has 1 saturated heterocycles. The smallest absolute Gasteiger partial charge is 0.274 e. The van der Waals surface area contributed by atoms with Crippen LogP contribution in [0.5, 0.6) is 0 Å². The third-order valence-electron chi connectivity index (χ3n) is 5.64. The molecule has 31 heavy (non-hydrogen) atoms. The van der Waals surface area contributed by atoms with Crippen LogP contribution in [0.4, 0.5) is 5.69 Å². The van der Waals surface area contributed by atoms with Gasteiger partial charge in [0.25, 0.3) is 11.5 Å². The Hall–Kier alpha value is -3.48. The minimum Gasteiger partial charge on any atom is -0.336 e. The summed E-state index contributed by atoms with van der Waals surface area (Å²) in [6.07, 6.45) is 1.46. The maximum Gasteiger partial charge on any atom is 0.274 e. The van der Waals surface area contributed by atoms with Crippen molar-refractivity contribution >= 4 is 28.3 Å². The van der Waals surface area contributed by atoms with Gasteiger partial charge in [-0.05, 0) is 44.9 Å². The first-order valence-electron chi connectivity index (χ1n) is 10.6. The first kappa shape index (κ1) is 20.8. The van der Waals surface area contributed by atoms with Gasteiger partial charge >= 0.3 is 0 Å². The number of nitrogens with zero attached hydrogens (tertiary/aromatic N) is 3. The highest BCUT2D eigenvalue weighted by Gasteiger charge is 2.31. The van der Waals surface area contributed by atoms with Gasteiger partial charge in [0.05, 0.1) is 17.3 Å². The van der Waals surface area contributed by atoms with Crippen molar-refractivity contribution in [1.82, 2.24) is 14.7 Å². The first-order valence-corrected chi connectivity index (χ1v) is 10.6. The molecule has 1 fully saturated rings. The van der Waals surface area contributed by atoms with Crippen LogP contribution in [-0.2, 0) is 4.79 Å². The second kappa shape index (κ2) is 8.71. The van der Waals surface area contributed by atoms with E-state index in [9.17, 15) is 14.4 Å². The molecule has 2 aromatic carbocycles. The number of fused-ring (bicyclic) bond motifs is 1. The standard InChI is InChI=1S/C24H26N4O3/c1-16(2)28-23(30)20-13-7-6-12-19(20)21(26-28)24(31)27-14-8-9-17(15-27)22(29)25-18-10-4-3-5-11-18/h3-7,10-13,16-17H,8-9,14-15H2,1-2H3,(H,25,29). The lowest BCUT2D eigenvalue weighted by Gasteiger charge is -2.32. The van der Waals surface area contributed by atoms with E-state index >= 15 is 0 Å². The van der Waals surface area contributed by atoms with E-state index in [4.69, 9.17) is 0 Å². The molecule has 3 aromatic rings. The Balaban J connectivity index is 1.61. The average molecular weight is 418 g/mol. The Kier molecular flexibility index (Phi) is 5.84. The maximum atomic E-state index is 13.4. The number of nitrogens with one attached hydrogen (secondary N) is 1. The molecule has 0 aliphatic carbocycles. The third-order valence-corrected chi connectivity index (χ3v) is 5.64. The molecule has 4 rings (SSSR count). The molecule has 1 aliphatic rings. The second-order valence-corrected chi connectivity index (χ2v) is 8.18. The maximum absolute atomic E-state index is 13.4. The highest BCUT2D eigenvalue weighted by Crippen LogP contribution is 2.23. The number of rotatable bonds is 4. The molecule has 7 nitrogen and oxygen atoms in total. The summed E-state index contributed by atoms with van der Waals surface area (Å²) in [4.78, 5) is 40.6. The number of aromatic nitrogens is 2. The molecule has 0 saturated carbocycles. The Labute approximate surface area is 180 Å². The highest BCUT2D eigenvalue weighted by atomic mass is 16.2. The SMILES string of the molecule is CC(C)n1nc(C(=O)N2CCCC(C(=O)Nc3ccccc3)C2)c2ccccc2c1=O. The molecule has 7 heteroatoms. The van der Waals surface area contributed by atoms with E-state index in [1.807, 2.05) is 44.2 Å². The van der Waals surface area contributed by atoms with Gasteiger partial charge in [-0.2, -0.15) is 5.10 Å². The van der Waals surface area contributed by atoms with Gasteiger partial charge in [0.2, 0.25) is 5.91 Å². The summed E-state index contributed by atoms with van der Waals surface area (Å²) in [5.41, 5.74) is 0.793. The van der Waals surface area contributed by atoms with E-state index < -0.39 is 0 Å². The van der Waals surface area contributed by atoms with E-state index in [1.165, 1.54) is 4.68 Å². The van der Waals surface area contributed by atoms with Crippen molar-refractivity contribution in [3.05, 3.63) is 70.6 Å². The summed E-state index contributed by atoms with van der Waals surface area (Å²) >= 11 is 0. The van der Waals surface area contributed by atoms with Crippen LogP contribution >= 0.6 is 0 Å². The van der Waals surface area contributed by atoms with Gasteiger partial charge < -0.3 is 10.2 Å². The number of amides is 2. The quantitative estimate of drug-likeness (QED) is 0.703. The van der Waals surface area contributed by atoms with Crippen molar-refractivity contribution in [3.8, 4) is 0 Å². The van der Waals surface area contributed by atoms with Gasteiger partial charge in [0.15, 0.2) is 5.69 Å². The number of carbonyl (C=O) groups is 2. The van der Waals surface area contributed by atoms with Crippen molar-refractivity contribution in [2.75, 3.05) is 18.4 Å². The lowest BCUT2D eigenvalue weighted by atomic mass is 9.96. The molecule has 1 N–H and O–H groups in total. The summed E-state index contributed by atoms with van der Waals surface area (Å²) in [5.74, 6) is -0.628. The monoisotopic (exact) mass is 418 g/mol. The van der Waals surface area contributed by atoms with Crippen LogP contribution in [0.1, 0.15) is 43.2 Å². The van der Waals surface area contributed by atoms with Crippen molar-refractivity contribution in [2.24, 2.45) is 5.92 Å². The Bertz CT molecular complexity index is 1170. The molecule has 0 radical (unpaired) electrons. The minimum absolute atomic E-state index is 0.0892. The van der Waals surface area contributed by atoms with Gasteiger partial charge in [-0.25, -0.2) is 4.68 Å². The van der Waals surface area contributed by atoms with E-state index in [1.54, 1.807) is 29.2 Å². The minimum atomic E-state index is -0.292. The van der Waals surface area contributed by atoms with Crippen LogP contribution in [0.3, 0.4) is 0 Å². The van der Waals surface area contributed by atoms with Gasteiger partial charge in [-0.1, -0.05) is 36.4 Å². The Morgan fingerprint density at radius 3 is 2.42 bits per heavy atom. The molecule has 0 spiro atoms. The summed E-state index contributed by atoms with van der Waals surface area (Å²) in [6, 6.07) is 16.2. The largest absolute Gasteiger partial charge is 0.336 e. The number of hydrogen-bond acceptors (Lipinski definition) is 4. The molecule has 0 bridgehead atoms.